The van der Waals surface area contributed by atoms with Crippen molar-refractivity contribution >= 4 is 11.9 Å². The van der Waals surface area contributed by atoms with Gasteiger partial charge in [-0.1, -0.05) is 37.3 Å². The van der Waals surface area contributed by atoms with Crippen LogP contribution < -0.4 is 5.73 Å². The van der Waals surface area contributed by atoms with Crippen LogP contribution in [0.2, 0.25) is 0 Å². The first-order valence-electron chi connectivity index (χ1n) is 13.2. The van der Waals surface area contributed by atoms with Crippen molar-refractivity contribution < 1.29 is 4.79 Å². The normalized spacial score (nSPS) is 22.0. The van der Waals surface area contributed by atoms with Crippen molar-refractivity contribution in [2.75, 3.05) is 52.6 Å². The molecule has 0 bridgehead atoms. The van der Waals surface area contributed by atoms with E-state index in [1.165, 1.54) is 11.1 Å². The molecule has 1 fully saturated rings. The molecule has 0 unspecified atom stereocenters. The van der Waals surface area contributed by atoms with Gasteiger partial charge < -0.3 is 15.5 Å². The summed E-state index contributed by atoms with van der Waals surface area (Å²) in [4.78, 5) is 29.2. The first-order chi connectivity index (χ1) is 16.9. The van der Waals surface area contributed by atoms with E-state index < -0.39 is 0 Å². The lowest BCUT2D eigenvalue weighted by Crippen LogP contribution is -2.53. The lowest BCUT2D eigenvalue weighted by Gasteiger charge is -2.47. The third-order valence-corrected chi connectivity index (χ3v) is 7.66. The fourth-order valence-electron chi connectivity index (χ4n) is 5.88. The predicted octanol–water partition coefficient (Wildman–Crippen LogP) is 2.90. The van der Waals surface area contributed by atoms with Crippen LogP contribution in [0.15, 0.2) is 36.5 Å². The van der Waals surface area contributed by atoms with Crippen molar-refractivity contribution in [1.82, 2.24) is 24.7 Å². The summed E-state index contributed by atoms with van der Waals surface area (Å²) in [6, 6.07) is 11.0. The van der Waals surface area contributed by atoms with E-state index in [2.05, 4.69) is 70.0 Å². The Hall–Kier alpha value is -2.51. The molecule has 2 aromatic rings. The summed E-state index contributed by atoms with van der Waals surface area (Å²) in [6.45, 7) is 6.77. The molecule has 3 atom stereocenters. The number of anilines is 1. The highest BCUT2D eigenvalue weighted by Crippen LogP contribution is 2.37. The molecule has 35 heavy (non-hydrogen) atoms. The standard InChI is InChI=1S/C28H42N6O/c1-4-11-34-20-22(15-23-17-25-24(18-26(23)34)19-30-28(29)31-25)16-27(35)33(14-13-32(2)3)12-10-21-8-6-5-7-9-21/h5-9,19,22-23,26H,4,10-18,20H2,1-3H3,(H2,29,30,31)/t22-,23-,26-/m1/s1. The third-order valence-electron chi connectivity index (χ3n) is 7.66. The minimum absolute atomic E-state index is 0.297. The Morgan fingerprint density at radius 3 is 2.69 bits per heavy atom. The zero-order valence-corrected chi connectivity index (χ0v) is 21.7. The summed E-state index contributed by atoms with van der Waals surface area (Å²) in [7, 11) is 4.14. The van der Waals surface area contributed by atoms with Gasteiger partial charge in [0.05, 0.1) is 0 Å². The fraction of sp³-hybridized carbons (Fsp3) is 0.607. The van der Waals surface area contributed by atoms with Gasteiger partial charge >= 0.3 is 0 Å². The summed E-state index contributed by atoms with van der Waals surface area (Å²) in [5.41, 5.74) is 9.52. The molecule has 0 radical (unpaired) electrons. The average Bonchev–Trinajstić information content (AvgIpc) is 2.83. The van der Waals surface area contributed by atoms with Crippen LogP contribution in [0.5, 0.6) is 0 Å². The van der Waals surface area contributed by atoms with Gasteiger partial charge in [-0.15, -0.1) is 0 Å². The number of carbonyl (C=O) groups excluding carboxylic acids is 1. The minimum atomic E-state index is 0.297. The first kappa shape index (κ1) is 25.6. The highest BCUT2D eigenvalue weighted by molar-refractivity contribution is 5.76. The number of likely N-dealkylation sites (N-methyl/N-ethyl adjacent to an activating group) is 1. The molecular formula is C28H42N6O. The minimum Gasteiger partial charge on any atom is -0.368 e. The van der Waals surface area contributed by atoms with Crippen LogP contribution in [-0.2, 0) is 24.1 Å². The second-order valence-corrected chi connectivity index (χ2v) is 10.7. The number of hydrogen-bond acceptors (Lipinski definition) is 6. The van der Waals surface area contributed by atoms with Crippen molar-refractivity contribution in [2.45, 2.75) is 51.5 Å². The summed E-state index contributed by atoms with van der Waals surface area (Å²) in [6.07, 6.45) is 7.59. The Kier molecular flexibility index (Phi) is 8.74. The zero-order valence-electron chi connectivity index (χ0n) is 21.7. The van der Waals surface area contributed by atoms with Gasteiger partial charge in [-0.2, -0.15) is 0 Å². The number of nitrogen functional groups attached to an aromatic ring is 1. The summed E-state index contributed by atoms with van der Waals surface area (Å²) in [5.74, 6) is 1.57. The van der Waals surface area contributed by atoms with Gasteiger partial charge in [0.2, 0.25) is 11.9 Å². The molecule has 1 aromatic carbocycles. The van der Waals surface area contributed by atoms with Gasteiger partial charge in [0, 0.05) is 50.5 Å². The van der Waals surface area contributed by atoms with E-state index in [-0.39, 0.29) is 0 Å². The van der Waals surface area contributed by atoms with Gasteiger partial charge in [-0.25, -0.2) is 9.97 Å². The van der Waals surface area contributed by atoms with E-state index in [4.69, 9.17) is 5.73 Å². The maximum Gasteiger partial charge on any atom is 0.222 e. The topological polar surface area (TPSA) is 78.6 Å². The molecule has 190 valence electrons. The Morgan fingerprint density at radius 2 is 1.94 bits per heavy atom. The van der Waals surface area contributed by atoms with Gasteiger partial charge in [0.1, 0.15) is 0 Å². The number of amides is 1. The maximum absolute atomic E-state index is 13.6. The molecule has 0 saturated carbocycles. The summed E-state index contributed by atoms with van der Waals surface area (Å²) < 4.78 is 0. The van der Waals surface area contributed by atoms with Crippen LogP contribution in [0.1, 0.15) is 43.0 Å². The van der Waals surface area contributed by atoms with Gasteiger partial charge in [-0.3, -0.25) is 9.69 Å². The lowest BCUT2D eigenvalue weighted by atomic mass is 9.73. The Balaban J connectivity index is 1.43. The highest BCUT2D eigenvalue weighted by Gasteiger charge is 2.40. The molecule has 1 saturated heterocycles. The first-order valence-corrected chi connectivity index (χ1v) is 13.2. The molecule has 2 aliphatic rings. The number of fused-ring (bicyclic) bond motifs is 2. The number of nitrogens with two attached hydrogens (primary N) is 1. The quantitative estimate of drug-likeness (QED) is 0.566. The number of rotatable bonds is 10. The highest BCUT2D eigenvalue weighted by atomic mass is 16.2. The van der Waals surface area contributed by atoms with E-state index in [0.29, 0.717) is 36.2 Å². The second kappa shape index (κ2) is 12.0. The van der Waals surface area contributed by atoms with E-state index in [1.807, 2.05) is 12.3 Å². The number of hydrogen-bond donors (Lipinski definition) is 1. The monoisotopic (exact) mass is 478 g/mol. The van der Waals surface area contributed by atoms with Crippen molar-refractivity contribution in [3.05, 3.63) is 53.3 Å². The Morgan fingerprint density at radius 1 is 1.14 bits per heavy atom. The fourth-order valence-corrected chi connectivity index (χ4v) is 5.88. The molecule has 2 heterocycles. The number of nitrogens with zero attached hydrogens (tertiary/aromatic N) is 5. The molecular weight excluding hydrogens is 436 g/mol. The van der Waals surface area contributed by atoms with Crippen LogP contribution >= 0.6 is 0 Å². The van der Waals surface area contributed by atoms with Crippen molar-refractivity contribution in [3.8, 4) is 0 Å². The summed E-state index contributed by atoms with van der Waals surface area (Å²) in [5, 5.41) is 0. The molecule has 7 heteroatoms. The van der Waals surface area contributed by atoms with E-state index in [9.17, 15) is 4.79 Å². The molecule has 1 amide bonds. The SMILES string of the molecule is CCCN1C[C@@H](CC(=O)N(CCc2ccccc2)CCN(C)C)C[C@@H]2Cc3nc(N)ncc3C[C@H]21. The van der Waals surface area contributed by atoms with Crippen molar-refractivity contribution in [1.29, 1.82) is 0 Å². The van der Waals surface area contributed by atoms with Gasteiger partial charge in [0.25, 0.3) is 0 Å². The summed E-state index contributed by atoms with van der Waals surface area (Å²) >= 11 is 0. The molecule has 7 nitrogen and oxygen atoms in total. The molecule has 2 N–H and O–H groups in total. The van der Waals surface area contributed by atoms with E-state index in [0.717, 1.165) is 70.5 Å². The average molecular weight is 479 g/mol. The van der Waals surface area contributed by atoms with Crippen molar-refractivity contribution in [2.24, 2.45) is 11.8 Å². The van der Waals surface area contributed by atoms with Gasteiger partial charge in [-0.05, 0) is 75.7 Å². The van der Waals surface area contributed by atoms with Crippen LogP contribution in [0.4, 0.5) is 5.95 Å². The third kappa shape index (κ3) is 6.79. The van der Waals surface area contributed by atoms with E-state index in [1.54, 1.807) is 0 Å². The van der Waals surface area contributed by atoms with Crippen molar-refractivity contribution in [3.63, 3.8) is 0 Å². The number of likely N-dealkylation sites (tertiary alicyclic amines) is 1. The largest absolute Gasteiger partial charge is 0.368 e. The molecule has 1 aliphatic carbocycles. The van der Waals surface area contributed by atoms with Crippen LogP contribution in [0.25, 0.3) is 0 Å². The molecule has 0 spiro atoms. The molecule has 1 aliphatic heterocycles. The van der Waals surface area contributed by atoms with Crippen LogP contribution in [0.3, 0.4) is 0 Å². The maximum atomic E-state index is 13.6. The Bertz CT molecular complexity index is 965. The molecule has 4 rings (SSSR count). The number of carbonyl (C=O) groups is 1. The van der Waals surface area contributed by atoms with Gasteiger partial charge in [0.15, 0.2) is 0 Å². The van der Waals surface area contributed by atoms with Crippen LogP contribution in [-0.4, -0.2) is 83.4 Å². The number of aromatic nitrogens is 2. The smallest absolute Gasteiger partial charge is 0.222 e. The van der Waals surface area contributed by atoms with Crippen LogP contribution in [0, 0.1) is 11.8 Å². The lowest BCUT2D eigenvalue weighted by molar-refractivity contribution is -0.133. The zero-order chi connectivity index (χ0) is 24.8. The number of piperidine rings is 1. The predicted molar refractivity (Wildman–Crippen MR) is 141 cm³/mol. The second-order valence-electron chi connectivity index (χ2n) is 10.7. The number of benzene rings is 1. The van der Waals surface area contributed by atoms with E-state index >= 15 is 0 Å². The Labute approximate surface area is 210 Å². The molecule has 1 aromatic heterocycles.